The molecule has 170 valence electrons. The van der Waals surface area contributed by atoms with Gasteiger partial charge in [0, 0.05) is 11.4 Å². The average molecular weight is 438 g/mol. The standard InChI is InChI=1S/C23H39N3O3S/c1-2-3-4-5-6-7-8-9-10-11-12-13-18-24-23(29)26-25-22(28)19-30-21-16-14-20(27)15-17-21/h14-17,27H,2-13,18-19H2,1H3,(H,25,28)(H2,24,26,29). The highest BCUT2D eigenvalue weighted by Crippen LogP contribution is 2.20. The number of hydrogen-bond donors (Lipinski definition) is 4. The number of urea groups is 1. The molecule has 0 aliphatic heterocycles. The second kappa shape index (κ2) is 17.9. The Labute approximate surface area is 185 Å². The Kier molecular flexibility index (Phi) is 15.6. The van der Waals surface area contributed by atoms with Crippen LogP contribution in [0.4, 0.5) is 4.79 Å². The highest BCUT2D eigenvalue weighted by atomic mass is 32.2. The van der Waals surface area contributed by atoms with E-state index < -0.39 is 0 Å². The lowest BCUT2D eigenvalue weighted by atomic mass is 10.1. The first-order valence-corrected chi connectivity index (χ1v) is 12.3. The molecule has 0 heterocycles. The van der Waals surface area contributed by atoms with Crippen molar-refractivity contribution in [2.24, 2.45) is 0 Å². The molecule has 6 nitrogen and oxygen atoms in total. The monoisotopic (exact) mass is 437 g/mol. The third kappa shape index (κ3) is 15.0. The summed E-state index contributed by atoms with van der Waals surface area (Å²) in [6.45, 7) is 2.86. The van der Waals surface area contributed by atoms with Crippen LogP contribution in [0.2, 0.25) is 0 Å². The first-order chi connectivity index (χ1) is 14.6. The summed E-state index contributed by atoms with van der Waals surface area (Å²) >= 11 is 1.33. The van der Waals surface area contributed by atoms with Crippen molar-refractivity contribution in [3.05, 3.63) is 24.3 Å². The average Bonchev–Trinajstić information content (AvgIpc) is 2.75. The predicted molar refractivity (Wildman–Crippen MR) is 125 cm³/mol. The summed E-state index contributed by atoms with van der Waals surface area (Å²) in [5, 5.41) is 12.0. The maximum absolute atomic E-state index is 11.8. The molecular weight excluding hydrogens is 398 g/mol. The summed E-state index contributed by atoms with van der Waals surface area (Å²) in [4.78, 5) is 24.3. The van der Waals surface area contributed by atoms with Crippen molar-refractivity contribution < 1.29 is 14.7 Å². The summed E-state index contributed by atoms with van der Waals surface area (Å²) < 4.78 is 0. The highest BCUT2D eigenvalue weighted by molar-refractivity contribution is 8.00. The van der Waals surface area contributed by atoms with Crippen LogP contribution in [0.3, 0.4) is 0 Å². The van der Waals surface area contributed by atoms with E-state index in [0.717, 1.165) is 17.7 Å². The van der Waals surface area contributed by atoms with Crippen LogP contribution < -0.4 is 16.2 Å². The van der Waals surface area contributed by atoms with Crippen LogP contribution in [-0.2, 0) is 4.79 Å². The number of thioether (sulfide) groups is 1. The Balaban J connectivity index is 1.87. The molecule has 30 heavy (non-hydrogen) atoms. The molecule has 0 spiro atoms. The van der Waals surface area contributed by atoms with Gasteiger partial charge in [-0.3, -0.25) is 10.2 Å². The Morgan fingerprint density at radius 1 is 0.800 bits per heavy atom. The number of rotatable bonds is 16. The molecule has 0 bridgehead atoms. The van der Waals surface area contributed by atoms with E-state index in [2.05, 4.69) is 23.1 Å². The molecule has 3 amide bonds. The van der Waals surface area contributed by atoms with E-state index in [1.54, 1.807) is 24.3 Å². The van der Waals surface area contributed by atoms with Crippen molar-refractivity contribution in [2.75, 3.05) is 12.3 Å². The lowest BCUT2D eigenvalue weighted by Gasteiger charge is -2.09. The van der Waals surface area contributed by atoms with Crippen LogP contribution in [0.15, 0.2) is 29.2 Å². The highest BCUT2D eigenvalue weighted by Gasteiger charge is 2.05. The quantitative estimate of drug-likeness (QED) is 0.156. The zero-order valence-electron chi connectivity index (χ0n) is 18.4. The third-order valence-electron chi connectivity index (χ3n) is 4.84. The molecular formula is C23H39N3O3S. The maximum atomic E-state index is 11.8. The van der Waals surface area contributed by atoms with E-state index in [-0.39, 0.29) is 23.4 Å². The van der Waals surface area contributed by atoms with Crippen LogP contribution >= 0.6 is 11.8 Å². The molecule has 0 fully saturated rings. The van der Waals surface area contributed by atoms with Crippen LogP contribution in [0, 0.1) is 0 Å². The molecule has 0 unspecified atom stereocenters. The van der Waals surface area contributed by atoms with Gasteiger partial charge in [0.25, 0.3) is 0 Å². The number of phenols is 1. The van der Waals surface area contributed by atoms with Crippen molar-refractivity contribution in [1.82, 2.24) is 16.2 Å². The van der Waals surface area contributed by atoms with Gasteiger partial charge in [-0.1, -0.05) is 77.6 Å². The number of carbonyl (C=O) groups excluding carboxylic acids is 2. The van der Waals surface area contributed by atoms with Gasteiger partial charge in [0.15, 0.2) is 0 Å². The lowest BCUT2D eigenvalue weighted by molar-refractivity contribution is -0.119. The number of aromatic hydroxyl groups is 1. The van der Waals surface area contributed by atoms with Crippen molar-refractivity contribution in [2.45, 2.75) is 88.9 Å². The summed E-state index contributed by atoms with van der Waals surface area (Å²) in [6.07, 6.45) is 15.4. The molecule has 7 heteroatoms. The normalized spacial score (nSPS) is 10.6. The van der Waals surface area contributed by atoms with E-state index in [1.165, 1.54) is 76.0 Å². The van der Waals surface area contributed by atoms with Gasteiger partial charge >= 0.3 is 6.03 Å². The second-order valence-electron chi connectivity index (χ2n) is 7.60. The smallest absolute Gasteiger partial charge is 0.333 e. The Hall–Kier alpha value is -1.89. The van der Waals surface area contributed by atoms with Crippen molar-refractivity contribution in [1.29, 1.82) is 0 Å². The number of phenolic OH excluding ortho intramolecular Hbond substituents is 1. The lowest BCUT2D eigenvalue weighted by Crippen LogP contribution is -2.47. The fourth-order valence-corrected chi connectivity index (χ4v) is 3.76. The van der Waals surface area contributed by atoms with Gasteiger partial charge in [-0.2, -0.15) is 0 Å². The minimum Gasteiger partial charge on any atom is -0.508 e. The molecule has 0 radical (unpaired) electrons. The molecule has 1 aromatic carbocycles. The number of hydrogen-bond acceptors (Lipinski definition) is 4. The maximum Gasteiger partial charge on any atom is 0.333 e. The number of nitrogens with one attached hydrogen (secondary N) is 3. The Morgan fingerprint density at radius 2 is 1.33 bits per heavy atom. The SMILES string of the molecule is CCCCCCCCCCCCCCNC(=O)NNC(=O)CSc1ccc(O)cc1. The molecule has 4 N–H and O–H groups in total. The molecule has 1 rings (SSSR count). The minimum atomic E-state index is -0.388. The van der Waals surface area contributed by atoms with E-state index in [1.807, 2.05) is 0 Å². The zero-order chi connectivity index (χ0) is 21.9. The van der Waals surface area contributed by atoms with Crippen molar-refractivity contribution in [3.8, 4) is 5.75 Å². The molecule has 0 aliphatic rings. The molecule has 0 atom stereocenters. The van der Waals surface area contributed by atoms with E-state index in [0.29, 0.717) is 6.54 Å². The van der Waals surface area contributed by atoms with Gasteiger partial charge in [-0.25, -0.2) is 10.2 Å². The fraction of sp³-hybridized carbons (Fsp3) is 0.652. The zero-order valence-corrected chi connectivity index (χ0v) is 19.2. The van der Waals surface area contributed by atoms with Crippen LogP contribution in [0.5, 0.6) is 5.75 Å². The van der Waals surface area contributed by atoms with Gasteiger partial charge in [-0.15, -0.1) is 11.8 Å². The largest absolute Gasteiger partial charge is 0.508 e. The molecule has 0 saturated carbocycles. The summed E-state index contributed by atoms with van der Waals surface area (Å²) in [5.41, 5.74) is 4.76. The predicted octanol–water partition coefficient (Wildman–Crippen LogP) is 5.52. The third-order valence-corrected chi connectivity index (χ3v) is 5.85. The number of unbranched alkanes of at least 4 members (excludes halogenated alkanes) is 11. The summed E-state index contributed by atoms with van der Waals surface area (Å²) in [6, 6.07) is 6.23. The number of carbonyl (C=O) groups is 2. The minimum absolute atomic E-state index is 0.184. The number of amides is 3. The van der Waals surface area contributed by atoms with Crippen molar-refractivity contribution in [3.63, 3.8) is 0 Å². The van der Waals surface area contributed by atoms with Gasteiger partial charge < -0.3 is 10.4 Å². The van der Waals surface area contributed by atoms with Crippen LogP contribution in [-0.4, -0.2) is 29.3 Å². The Morgan fingerprint density at radius 3 is 1.90 bits per heavy atom. The van der Waals surface area contributed by atoms with Crippen LogP contribution in [0.1, 0.15) is 84.0 Å². The first-order valence-electron chi connectivity index (χ1n) is 11.4. The summed E-state index contributed by atoms with van der Waals surface area (Å²) in [7, 11) is 0. The van der Waals surface area contributed by atoms with Crippen LogP contribution in [0.25, 0.3) is 0 Å². The van der Waals surface area contributed by atoms with Gasteiger partial charge in [0.1, 0.15) is 5.75 Å². The van der Waals surface area contributed by atoms with Crippen molar-refractivity contribution >= 4 is 23.7 Å². The number of benzene rings is 1. The van der Waals surface area contributed by atoms with Gasteiger partial charge in [-0.05, 0) is 30.7 Å². The second-order valence-corrected chi connectivity index (χ2v) is 8.65. The molecule has 0 saturated heterocycles. The van der Waals surface area contributed by atoms with E-state index in [4.69, 9.17) is 0 Å². The molecule has 1 aromatic rings. The van der Waals surface area contributed by atoms with Gasteiger partial charge in [0.05, 0.1) is 5.75 Å². The molecule has 0 aliphatic carbocycles. The van der Waals surface area contributed by atoms with E-state index in [9.17, 15) is 14.7 Å². The summed E-state index contributed by atoms with van der Waals surface area (Å²) in [5.74, 6) is 0.0907. The fourth-order valence-electron chi connectivity index (χ4n) is 3.07. The number of hydrazine groups is 1. The topological polar surface area (TPSA) is 90.5 Å². The van der Waals surface area contributed by atoms with Gasteiger partial charge in [0.2, 0.25) is 5.91 Å². The molecule has 0 aromatic heterocycles. The van der Waals surface area contributed by atoms with E-state index >= 15 is 0 Å². The Bertz CT molecular complexity index is 582. The first kappa shape index (κ1) is 26.1.